The average molecular weight is 388 g/mol. The lowest BCUT2D eigenvalue weighted by Gasteiger charge is -2.50. The molecule has 3 unspecified atom stereocenters. The molecule has 0 saturated heterocycles. The van der Waals surface area contributed by atoms with Crippen molar-refractivity contribution in [1.82, 2.24) is 0 Å². The van der Waals surface area contributed by atoms with E-state index in [-0.39, 0.29) is 0 Å². The summed E-state index contributed by atoms with van der Waals surface area (Å²) < 4.78 is 0. The molecule has 0 heterocycles. The molecule has 0 radical (unpaired) electrons. The molecule has 2 aliphatic carbocycles. The molecule has 29 heavy (non-hydrogen) atoms. The summed E-state index contributed by atoms with van der Waals surface area (Å²) in [4.78, 5) is 0. The minimum atomic E-state index is 0.331. The normalized spacial score (nSPS) is 26.0. The van der Waals surface area contributed by atoms with Crippen molar-refractivity contribution in [3.8, 4) is 0 Å². The fraction of sp³-hybridized carbons (Fsp3) is 0.500. The number of rotatable bonds is 5. The van der Waals surface area contributed by atoms with Crippen LogP contribution < -0.4 is 5.32 Å². The van der Waals surface area contributed by atoms with Gasteiger partial charge in [-0.2, -0.15) is 0 Å². The average Bonchev–Trinajstić information content (AvgIpc) is 2.68. The summed E-state index contributed by atoms with van der Waals surface area (Å²) in [7, 11) is 0. The summed E-state index contributed by atoms with van der Waals surface area (Å²) in [6.07, 6.45) is 7.56. The molecule has 154 valence electrons. The molecule has 0 aromatic heterocycles. The van der Waals surface area contributed by atoms with E-state index in [4.69, 9.17) is 0 Å². The molecule has 0 amide bonds. The Morgan fingerprint density at radius 3 is 2.66 bits per heavy atom. The zero-order valence-corrected chi connectivity index (χ0v) is 18.7. The van der Waals surface area contributed by atoms with Gasteiger partial charge in [-0.25, -0.2) is 0 Å². The van der Waals surface area contributed by atoms with Gasteiger partial charge in [0.2, 0.25) is 0 Å². The molecule has 1 N–H and O–H groups in total. The molecular formula is C28H37N. The predicted octanol–water partition coefficient (Wildman–Crippen LogP) is 7.62. The molecule has 1 fully saturated rings. The second kappa shape index (κ2) is 8.01. The van der Waals surface area contributed by atoms with Crippen LogP contribution in [0.1, 0.15) is 81.5 Å². The first-order chi connectivity index (χ1) is 13.9. The van der Waals surface area contributed by atoms with E-state index in [1.54, 1.807) is 11.1 Å². The Labute approximate surface area is 177 Å². The van der Waals surface area contributed by atoms with Gasteiger partial charge in [-0.05, 0) is 70.8 Å². The van der Waals surface area contributed by atoms with Crippen LogP contribution in [0.2, 0.25) is 0 Å². The van der Waals surface area contributed by atoms with Gasteiger partial charge < -0.3 is 5.32 Å². The smallest absolute Gasteiger partial charge is 0.0420 e. The standard InChI is InChI=1S/C28H37N/c1-19(2)24-17-23-13-14-25-20(3)10-9-15-28(25,5)26(23)18-27(24)29-21(4)16-22-11-7-6-8-12-22/h6-8,11-12,17-20,25,29H,4,9-10,13-16H2,1-3,5H3. The highest BCUT2D eigenvalue weighted by atomic mass is 14.9. The SMILES string of the molecule is C=C(Cc1ccccc1)Nc1cc2c(cc1C(C)C)CCC1C(C)CCCC21C. The van der Waals surface area contributed by atoms with Crippen LogP contribution in [0.25, 0.3) is 0 Å². The van der Waals surface area contributed by atoms with Gasteiger partial charge in [-0.3, -0.25) is 0 Å². The Bertz CT molecular complexity index is 879. The number of hydrogen-bond acceptors (Lipinski definition) is 1. The molecule has 0 aliphatic heterocycles. The van der Waals surface area contributed by atoms with E-state index in [2.05, 4.69) is 82.1 Å². The van der Waals surface area contributed by atoms with Crippen LogP contribution in [0, 0.1) is 11.8 Å². The highest BCUT2D eigenvalue weighted by Gasteiger charge is 2.45. The molecule has 1 saturated carbocycles. The molecular weight excluding hydrogens is 350 g/mol. The largest absolute Gasteiger partial charge is 0.359 e. The van der Waals surface area contributed by atoms with Crippen LogP contribution in [0.5, 0.6) is 0 Å². The van der Waals surface area contributed by atoms with Gasteiger partial charge in [0.25, 0.3) is 0 Å². The van der Waals surface area contributed by atoms with E-state index < -0.39 is 0 Å². The van der Waals surface area contributed by atoms with Crippen LogP contribution >= 0.6 is 0 Å². The van der Waals surface area contributed by atoms with Crippen LogP contribution in [-0.2, 0) is 18.3 Å². The molecule has 2 aliphatic rings. The third-order valence-corrected chi connectivity index (χ3v) is 7.67. The third kappa shape index (κ3) is 3.89. The number of allylic oxidation sites excluding steroid dienone is 1. The number of benzene rings is 2. The van der Waals surface area contributed by atoms with Gasteiger partial charge >= 0.3 is 0 Å². The van der Waals surface area contributed by atoms with E-state index in [1.165, 1.54) is 48.9 Å². The Hall–Kier alpha value is -2.02. The summed E-state index contributed by atoms with van der Waals surface area (Å²) in [5.41, 5.74) is 8.64. The van der Waals surface area contributed by atoms with E-state index in [9.17, 15) is 0 Å². The molecule has 3 atom stereocenters. The van der Waals surface area contributed by atoms with Crippen LogP contribution in [-0.4, -0.2) is 0 Å². The van der Waals surface area contributed by atoms with E-state index >= 15 is 0 Å². The highest BCUT2D eigenvalue weighted by molar-refractivity contribution is 5.62. The molecule has 0 spiro atoms. The first-order valence-corrected chi connectivity index (χ1v) is 11.5. The zero-order chi connectivity index (χ0) is 20.6. The molecule has 1 heteroatoms. The number of fused-ring (bicyclic) bond motifs is 3. The first kappa shape index (κ1) is 20.3. The molecule has 0 bridgehead atoms. The number of aryl methyl sites for hydroxylation is 1. The lowest BCUT2D eigenvalue weighted by atomic mass is 9.55. The van der Waals surface area contributed by atoms with Crippen molar-refractivity contribution in [2.24, 2.45) is 11.8 Å². The zero-order valence-electron chi connectivity index (χ0n) is 18.7. The number of nitrogens with one attached hydrogen (secondary N) is 1. The Balaban J connectivity index is 1.68. The maximum Gasteiger partial charge on any atom is 0.0420 e. The van der Waals surface area contributed by atoms with Crippen molar-refractivity contribution in [1.29, 1.82) is 0 Å². The van der Waals surface area contributed by atoms with Crippen LogP contribution in [0.3, 0.4) is 0 Å². The molecule has 2 aromatic rings. The van der Waals surface area contributed by atoms with E-state index in [1.807, 2.05) is 0 Å². The van der Waals surface area contributed by atoms with Crippen molar-refractivity contribution in [3.63, 3.8) is 0 Å². The van der Waals surface area contributed by atoms with Crippen molar-refractivity contribution in [3.05, 3.63) is 77.0 Å². The summed E-state index contributed by atoms with van der Waals surface area (Å²) in [5.74, 6) is 2.17. The van der Waals surface area contributed by atoms with Crippen LogP contribution in [0.15, 0.2) is 54.7 Å². The quantitative estimate of drug-likeness (QED) is 0.556. The lowest BCUT2D eigenvalue weighted by molar-refractivity contribution is 0.118. The topological polar surface area (TPSA) is 12.0 Å². The monoisotopic (exact) mass is 387 g/mol. The van der Waals surface area contributed by atoms with Crippen molar-refractivity contribution < 1.29 is 0 Å². The lowest BCUT2D eigenvalue weighted by Crippen LogP contribution is -2.43. The van der Waals surface area contributed by atoms with E-state index in [0.29, 0.717) is 11.3 Å². The van der Waals surface area contributed by atoms with Crippen molar-refractivity contribution in [2.45, 2.75) is 77.6 Å². The van der Waals surface area contributed by atoms with Crippen LogP contribution in [0.4, 0.5) is 5.69 Å². The second-order valence-electron chi connectivity index (χ2n) is 10.1. The molecule has 1 nitrogen and oxygen atoms in total. The molecule has 2 aromatic carbocycles. The number of anilines is 1. The Morgan fingerprint density at radius 2 is 1.93 bits per heavy atom. The second-order valence-corrected chi connectivity index (χ2v) is 10.1. The van der Waals surface area contributed by atoms with E-state index in [0.717, 1.165) is 24.0 Å². The van der Waals surface area contributed by atoms with Crippen molar-refractivity contribution in [2.75, 3.05) is 5.32 Å². The third-order valence-electron chi connectivity index (χ3n) is 7.67. The van der Waals surface area contributed by atoms with Gasteiger partial charge in [0, 0.05) is 17.8 Å². The predicted molar refractivity (Wildman–Crippen MR) is 126 cm³/mol. The van der Waals surface area contributed by atoms with Gasteiger partial charge in [0.15, 0.2) is 0 Å². The van der Waals surface area contributed by atoms with Gasteiger partial charge in [-0.15, -0.1) is 0 Å². The maximum absolute atomic E-state index is 4.36. The van der Waals surface area contributed by atoms with Gasteiger partial charge in [0.05, 0.1) is 0 Å². The highest BCUT2D eigenvalue weighted by Crippen LogP contribution is 2.53. The minimum absolute atomic E-state index is 0.331. The summed E-state index contributed by atoms with van der Waals surface area (Å²) >= 11 is 0. The summed E-state index contributed by atoms with van der Waals surface area (Å²) in [6, 6.07) is 15.7. The first-order valence-electron chi connectivity index (χ1n) is 11.5. The number of hydrogen-bond donors (Lipinski definition) is 1. The van der Waals surface area contributed by atoms with Gasteiger partial charge in [0.1, 0.15) is 0 Å². The van der Waals surface area contributed by atoms with Gasteiger partial charge in [-0.1, -0.05) is 83.5 Å². The summed E-state index contributed by atoms with van der Waals surface area (Å²) in [5, 5.41) is 3.72. The maximum atomic E-state index is 4.36. The Morgan fingerprint density at radius 1 is 1.17 bits per heavy atom. The van der Waals surface area contributed by atoms with Crippen molar-refractivity contribution >= 4 is 5.69 Å². The fourth-order valence-corrected chi connectivity index (χ4v) is 6.12. The molecule has 4 rings (SSSR count). The fourth-order valence-electron chi connectivity index (χ4n) is 6.12. The Kier molecular flexibility index (Phi) is 5.60. The summed E-state index contributed by atoms with van der Waals surface area (Å²) in [6.45, 7) is 14.0. The minimum Gasteiger partial charge on any atom is -0.359 e.